The predicted molar refractivity (Wildman–Crippen MR) is 138 cm³/mol. The van der Waals surface area contributed by atoms with E-state index in [-0.39, 0.29) is 11.7 Å². The molecule has 36 heavy (non-hydrogen) atoms. The highest BCUT2D eigenvalue weighted by molar-refractivity contribution is 5.95. The maximum absolute atomic E-state index is 14.0. The van der Waals surface area contributed by atoms with Crippen molar-refractivity contribution in [3.05, 3.63) is 71.6 Å². The lowest BCUT2D eigenvalue weighted by Crippen LogP contribution is -2.60. The number of hydrogen-bond donors (Lipinski definition) is 1. The maximum atomic E-state index is 14.0. The first kappa shape index (κ1) is 21.6. The van der Waals surface area contributed by atoms with E-state index >= 15 is 0 Å². The van der Waals surface area contributed by atoms with Crippen LogP contribution in [0.25, 0.3) is 5.69 Å². The highest BCUT2D eigenvalue weighted by atomic mass is 19.1. The molecule has 2 aromatic carbocycles. The summed E-state index contributed by atoms with van der Waals surface area (Å²) in [7, 11) is 1.71. The predicted octanol–water partition coefficient (Wildman–Crippen LogP) is 4.69. The summed E-state index contributed by atoms with van der Waals surface area (Å²) in [5.74, 6) is 1.90. The van der Waals surface area contributed by atoms with E-state index in [1.807, 2.05) is 36.3 Å². The Kier molecular flexibility index (Phi) is 4.59. The van der Waals surface area contributed by atoms with Gasteiger partial charge in [0.05, 0.1) is 31.0 Å². The number of methoxy groups -OCH3 is 1. The van der Waals surface area contributed by atoms with Gasteiger partial charge in [-0.15, -0.1) is 5.10 Å². The third-order valence-corrected chi connectivity index (χ3v) is 8.40. The number of nitrogens with zero attached hydrogens (tertiary/aromatic N) is 5. The first-order chi connectivity index (χ1) is 17.5. The van der Waals surface area contributed by atoms with Gasteiger partial charge < -0.3 is 19.5 Å². The molecule has 7 rings (SSSR count). The second-order valence-corrected chi connectivity index (χ2v) is 10.8. The van der Waals surface area contributed by atoms with Crippen molar-refractivity contribution in [2.45, 2.75) is 38.1 Å². The molecular weight excluding hydrogens is 455 g/mol. The summed E-state index contributed by atoms with van der Waals surface area (Å²) in [6, 6.07) is 11.5. The van der Waals surface area contributed by atoms with Crippen molar-refractivity contribution in [1.29, 1.82) is 0 Å². The van der Waals surface area contributed by atoms with Crippen molar-refractivity contribution in [2.75, 3.05) is 25.5 Å². The van der Waals surface area contributed by atoms with Crippen LogP contribution in [0.3, 0.4) is 0 Å². The van der Waals surface area contributed by atoms with Gasteiger partial charge in [-0.2, -0.15) is 5.10 Å². The third-order valence-electron chi connectivity index (χ3n) is 8.40. The van der Waals surface area contributed by atoms with Gasteiger partial charge in [-0.3, -0.25) is 0 Å². The molecule has 4 aliphatic rings. The summed E-state index contributed by atoms with van der Waals surface area (Å²) in [6.45, 7) is 3.62. The summed E-state index contributed by atoms with van der Waals surface area (Å²) in [5.41, 5.74) is 4.99. The Morgan fingerprint density at radius 3 is 2.86 bits per heavy atom. The zero-order valence-corrected chi connectivity index (χ0v) is 20.5. The summed E-state index contributed by atoms with van der Waals surface area (Å²) < 4.78 is 21.7. The summed E-state index contributed by atoms with van der Waals surface area (Å²) in [4.78, 5) is 6.83. The van der Waals surface area contributed by atoms with Crippen LogP contribution in [-0.4, -0.2) is 46.7 Å². The van der Waals surface area contributed by atoms with E-state index in [9.17, 15) is 4.39 Å². The number of hydrogen-bond acceptors (Lipinski definition) is 6. The number of halogens is 1. The monoisotopic (exact) mass is 484 g/mol. The van der Waals surface area contributed by atoms with Crippen LogP contribution in [-0.2, 0) is 12.0 Å². The number of benzene rings is 2. The molecule has 7 nitrogen and oxygen atoms in total. The summed E-state index contributed by atoms with van der Waals surface area (Å²) in [6.07, 6.45) is 10.2. The Bertz CT molecular complexity index is 1420. The van der Waals surface area contributed by atoms with Gasteiger partial charge in [0.25, 0.3) is 0 Å². The fraction of sp³-hybridized carbons (Fsp3) is 0.393. The largest absolute Gasteiger partial charge is 0.495 e. The van der Waals surface area contributed by atoms with Gasteiger partial charge in [0.1, 0.15) is 22.9 Å². The van der Waals surface area contributed by atoms with Gasteiger partial charge in [-0.1, -0.05) is 12.1 Å². The highest BCUT2D eigenvalue weighted by Crippen LogP contribution is 2.57. The second kappa shape index (κ2) is 7.66. The number of ether oxygens (including phenoxy) is 1. The standard InChI is InChI=1S/C28H29FN6O/c1-18-13-34(17-31-18)24-6-3-19(10-25(24)36-2)9-20-12-27(7-8-27)16-35-26(20)33-32-15-28(35)14-30-23-11-21(29)4-5-22(23)28/h3-6,10-11,13,15,17,20,30H,7-9,12,14,16H2,1-2H3. The Labute approximate surface area is 209 Å². The molecule has 0 radical (unpaired) electrons. The Hall–Kier alpha value is -3.68. The molecule has 1 saturated carbocycles. The molecule has 0 bridgehead atoms. The number of aromatic nitrogens is 2. The Morgan fingerprint density at radius 1 is 1.19 bits per heavy atom. The first-order valence-electron chi connectivity index (χ1n) is 12.6. The quantitative estimate of drug-likeness (QED) is 0.583. The van der Waals surface area contributed by atoms with Crippen molar-refractivity contribution in [2.24, 2.45) is 21.5 Å². The number of piperidine rings is 1. The van der Waals surface area contributed by atoms with Crippen molar-refractivity contribution in [3.63, 3.8) is 0 Å². The van der Waals surface area contributed by atoms with Gasteiger partial charge in [-0.05, 0) is 67.9 Å². The average molecular weight is 485 g/mol. The van der Waals surface area contributed by atoms with Gasteiger partial charge in [0.2, 0.25) is 0 Å². The molecule has 1 N–H and O–H groups in total. The molecule has 2 fully saturated rings. The van der Waals surface area contributed by atoms with Crippen LogP contribution in [0.4, 0.5) is 10.1 Å². The average Bonchev–Trinajstić information content (AvgIpc) is 3.31. The number of anilines is 1. The zero-order chi connectivity index (χ0) is 24.5. The van der Waals surface area contributed by atoms with Crippen molar-refractivity contribution in [1.82, 2.24) is 14.5 Å². The number of fused-ring (bicyclic) bond motifs is 4. The van der Waals surface area contributed by atoms with Gasteiger partial charge >= 0.3 is 0 Å². The molecular formula is C28H29FN6O. The van der Waals surface area contributed by atoms with Crippen LogP contribution < -0.4 is 10.1 Å². The van der Waals surface area contributed by atoms with Crippen molar-refractivity contribution in [3.8, 4) is 11.4 Å². The molecule has 1 saturated heterocycles. The second-order valence-electron chi connectivity index (χ2n) is 10.8. The number of imidazole rings is 1. The van der Waals surface area contributed by atoms with Crippen LogP contribution in [0.5, 0.6) is 5.75 Å². The molecule has 0 amide bonds. The van der Waals surface area contributed by atoms with Gasteiger partial charge in [-0.25, -0.2) is 9.37 Å². The number of aryl methyl sites for hydroxylation is 1. The molecule has 8 heteroatoms. The zero-order valence-electron chi connectivity index (χ0n) is 20.5. The number of rotatable bonds is 4. The SMILES string of the molecule is COc1cc(CC2CC3(CC3)CN3C2=NN=CC32CNc3cc(F)ccc32)ccc1-n1cnc(C)c1. The minimum Gasteiger partial charge on any atom is -0.495 e. The smallest absolute Gasteiger partial charge is 0.143 e. The maximum Gasteiger partial charge on any atom is 0.143 e. The van der Waals surface area contributed by atoms with Crippen LogP contribution in [0.2, 0.25) is 0 Å². The van der Waals surface area contributed by atoms with Crippen LogP contribution in [0.1, 0.15) is 36.1 Å². The molecule has 1 aromatic heterocycles. The number of amidine groups is 1. The Morgan fingerprint density at radius 2 is 2.08 bits per heavy atom. The summed E-state index contributed by atoms with van der Waals surface area (Å²) >= 11 is 0. The minimum atomic E-state index is -0.421. The van der Waals surface area contributed by atoms with Crippen LogP contribution in [0, 0.1) is 24.1 Å². The number of nitrogens with one attached hydrogen (secondary N) is 1. The fourth-order valence-corrected chi connectivity index (χ4v) is 6.37. The van der Waals surface area contributed by atoms with Crippen molar-refractivity contribution < 1.29 is 9.13 Å². The lowest BCUT2D eigenvalue weighted by molar-refractivity contribution is 0.163. The van der Waals surface area contributed by atoms with E-state index < -0.39 is 5.54 Å². The normalized spacial score (nSPS) is 24.9. The van der Waals surface area contributed by atoms with Gasteiger partial charge in [0.15, 0.2) is 0 Å². The lowest BCUT2D eigenvalue weighted by atomic mass is 9.78. The molecule has 184 valence electrons. The van der Waals surface area contributed by atoms with E-state index in [0.29, 0.717) is 12.0 Å². The summed E-state index contributed by atoms with van der Waals surface area (Å²) in [5, 5.41) is 12.7. The van der Waals surface area contributed by atoms with Gasteiger partial charge in [0, 0.05) is 36.5 Å². The van der Waals surface area contributed by atoms with E-state index in [0.717, 1.165) is 53.6 Å². The van der Waals surface area contributed by atoms with Crippen molar-refractivity contribution >= 4 is 17.7 Å². The topological polar surface area (TPSA) is 67.0 Å². The van der Waals surface area contributed by atoms with E-state index in [1.54, 1.807) is 19.2 Å². The highest BCUT2D eigenvalue weighted by Gasteiger charge is 2.57. The fourth-order valence-electron chi connectivity index (χ4n) is 6.37. The van der Waals surface area contributed by atoms with E-state index in [4.69, 9.17) is 9.84 Å². The third kappa shape index (κ3) is 3.27. The molecule has 3 aromatic rings. The first-order valence-corrected chi connectivity index (χ1v) is 12.6. The molecule has 1 aliphatic carbocycles. The lowest BCUT2D eigenvalue weighted by Gasteiger charge is -2.49. The minimum absolute atomic E-state index is 0.224. The van der Waals surface area contributed by atoms with Crippen LogP contribution >= 0.6 is 0 Å². The van der Waals surface area contributed by atoms with E-state index in [1.165, 1.54) is 18.4 Å². The van der Waals surface area contributed by atoms with E-state index in [2.05, 4.69) is 38.5 Å². The van der Waals surface area contributed by atoms with Crippen LogP contribution in [0.15, 0.2) is 59.1 Å². The molecule has 4 heterocycles. The molecule has 3 aliphatic heterocycles. The Balaban J connectivity index is 1.23. The molecule has 2 unspecified atom stereocenters. The molecule has 2 atom stereocenters. The molecule has 2 spiro atoms.